The van der Waals surface area contributed by atoms with E-state index in [4.69, 9.17) is 9.47 Å². The molecular formula is C23H18O3. The molecule has 0 saturated heterocycles. The zero-order chi connectivity index (χ0) is 17.9. The summed E-state index contributed by atoms with van der Waals surface area (Å²) in [6, 6.07) is 21.0. The van der Waals surface area contributed by atoms with Crippen molar-refractivity contribution < 1.29 is 14.6 Å². The van der Waals surface area contributed by atoms with Gasteiger partial charge in [0.25, 0.3) is 0 Å². The Morgan fingerprint density at radius 3 is 2.50 bits per heavy atom. The lowest BCUT2D eigenvalue weighted by Gasteiger charge is -2.12. The summed E-state index contributed by atoms with van der Waals surface area (Å²) in [5.41, 5.74) is 3.68. The van der Waals surface area contributed by atoms with Crippen molar-refractivity contribution >= 4 is 0 Å². The summed E-state index contributed by atoms with van der Waals surface area (Å²) in [6.45, 7) is 0. The van der Waals surface area contributed by atoms with Crippen LogP contribution >= 0.6 is 0 Å². The lowest BCUT2D eigenvalue weighted by molar-refractivity contribution is 0.238. The van der Waals surface area contributed by atoms with Gasteiger partial charge in [-0.15, -0.1) is 0 Å². The number of methoxy groups -OCH3 is 1. The SMILES string of the molecule is COc1ccc(C2Cc3cc(O)cc(C#Cc4ccccc4)c3O2)cc1. The largest absolute Gasteiger partial charge is 0.508 e. The van der Waals surface area contributed by atoms with Gasteiger partial charge in [0.2, 0.25) is 0 Å². The first-order chi connectivity index (χ1) is 12.7. The maximum atomic E-state index is 10.1. The Balaban J connectivity index is 1.64. The molecule has 4 rings (SSSR count). The minimum Gasteiger partial charge on any atom is -0.508 e. The van der Waals surface area contributed by atoms with E-state index in [1.54, 1.807) is 19.2 Å². The predicted molar refractivity (Wildman–Crippen MR) is 101 cm³/mol. The third-order valence-corrected chi connectivity index (χ3v) is 4.42. The Kier molecular flexibility index (Phi) is 4.25. The number of rotatable bonds is 2. The lowest BCUT2D eigenvalue weighted by atomic mass is 10.0. The molecule has 0 amide bonds. The lowest BCUT2D eigenvalue weighted by Crippen LogP contribution is -2.03. The molecule has 1 aliphatic heterocycles. The molecule has 1 atom stereocenters. The fourth-order valence-electron chi connectivity index (χ4n) is 3.10. The van der Waals surface area contributed by atoms with Crippen molar-refractivity contribution in [1.29, 1.82) is 0 Å². The summed E-state index contributed by atoms with van der Waals surface area (Å²) in [5, 5.41) is 10.1. The van der Waals surface area contributed by atoms with E-state index in [0.717, 1.165) is 28.2 Å². The van der Waals surface area contributed by atoms with Crippen molar-refractivity contribution in [2.24, 2.45) is 0 Å². The second kappa shape index (κ2) is 6.85. The van der Waals surface area contributed by atoms with Crippen LogP contribution in [-0.2, 0) is 6.42 Å². The van der Waals surface area contributed by atoms with Gasteiger partial charge >= 0.3 is 0 Å². The van der Waals surface area contributed by atoms with Gasteiger partial charge in [0.05, 0.1) is 12.7 Å². The summed E-state index contributed by atoms with van der Waals surface area (Å²) >= 11 is 0. The van der Waals surface area contributed by atoms with E-state index in [0.29, 0.717) is 12.0 Å². The van der Waals surface area contributed by atoms with E-state index in [2.05, 4.69) is 11.8 Å². The zero-order valence-corrected chi connectivity index (χ0v) is 14.4. The number of phenols is 1. The monoisotopic (exact) mass is 342 g/mol. The molecule has 1 N–H and O–H groups in total. The van der Waals surface area contributed by atoms with Crippen LogP contribution in [0.1, 0.15) is 28.4 Å². The molecule has 0 fully saturated rings. The van der Waals surface area contributed by atoms with Crippen LogP contribution in [-0.4, -0.2) is 12.2 Å². The Labute approximate surface area is 152 Å². The topological polar surface area (TPSA) is 38.7 Å². The highest BCUT2D eigenvalue weighted by Gasteiger charge is 2.27. The Morgan fingerprint density at radius 2 is 1.77 bits per heavy atom. The standard InChI is InChI=1S/C23H18O3/c1-25-21-11-9-17(10-12-21)22-15-19-14-20(24)13-18(23(19)26-22)8-7-16-5-3-2-4-6-16/h2-6,9-14,22,24H,15H2,1H3. The summed E-state index contributed by atoms with van der Waals surface area (Å²) in [5.74, 6) is 8.05. The highest BCUT2D eigenvalue weighted by molar-refractivity contribution is 5.58. The Morgan fingerprint density at radius 1 is 1.00 bits per heavy atom. The molecule has 0 aliphatic carbocycles. The first kappa shape index (κ1) is 16.1. The number of phenolic OH excluding ortho intramolecular Hbond substituents is 1. The summed E-state index contributed by atoms with van der Waals surface area (Å²) in [7, 11) is 1.65. The van der Waals surface area contributed by atoms with Crippen molar-refractivity contribution in [1.82, 2.24) is 0 Å². The van der Waals surface area contributed by atoms with E-state index in [1.807, 2.05) is 54.6 Å². The van der Waals surface area contributed by atoms with Gasteiger partial charge in [-0.05, 0) is 42.0 Å². The molecular weight excluding hydrogens is 324 g/mol. The molecule has 3 aromatic rings. The molecule has 26 heavy (non-hydrogen) atoms. The Hall–Kier alpha value is -3.38. The fourth-order valence-corrected chi connectivity index (χ4v) is 3.10. The van der Waals surface area contributed by atoms with Crippen molar-refractivity contribution in [2.45, 2.75) is 12.5 Å². The summed E-state index contributed by atoms with van der Waals surface area (Å²) < 4.78 is 11.4. The van der Waals surface area contributed by atoms with E-state index in [-0.39, 0.29) is 11.9 Å². The quantitative estimate of drug-likeness (QED) is 0.698. The second-order valence-electron chi connectivity index (χ2n) is 6.18. The third-order valence-electron chi connectivity index (χ3n) is 4.42. The average molecular weight is 342 g/mol. The van der Waals surface area contributed by atoms with E-state index >= 15 is 0 Å². The smallest absolute Gasteiger partial charge is 0.139 e. The Bertz CT molecular complexity index is 980. The molecule has 3 aromatic carbocycles. The summed E-state index contributed by atoms with van der Waals surface area (Å²) in [4.78, 5) is 0. The molecule has 128 valence electrons. The predicted octanol–water partition coefficient (Wildman–Crippen LogP) is 4.48. The number of ether oxygens (including phenoxy) is 2. The minimum atomic E-state index is -0.0880. The molecule has 0 radical (unpaired) electrons. The van der Waals surface area contributed by atoms with Gasteiger partial charge in [0, 0.05) is 17.5 Å². The minimum absolute atomic E-state index is 0.0880. The maximum Gasteiger partial charge on any atom is 0.139 e. The van der Waals surface area contributed by atoms with Crippen LogP contribution in [0.25, 0.3) is 0 Å². The molecule has 3 nitrogen and oxygen atoms in total. The molecule has 1 heterocycles. The van der Waals surface area contributed by atoms with Crippen molar-refractivity contribution in [3.63, 3.8) is 0 Å². The fraction of sp³-hybridized carbons (Fsp3) is 0.130. The number of benzene rings is 3. The molecule has 1 unspecified atom stereocenters. The van der Waals surface area contributed by atoms with Gasteiger partial charge in [-0.2, -0.15) is 0 Å². The zero-order valence-electron chi connectivity index (χ0n) is 14.4. The summed E-state index contributed by atoms with van der Waals surface area (Å²) in [6.07, 6.45) is 0.616. The van der Waals surface area contributed by atoms with Crippen LogP contribution in [0, 0.1) is 11.8 Å². The first-order valence-corrected chi connectivity index (χ1v) is 8.46. The van der Waals surface area contributed by atoms with Gasteiger partial charge < -0.3 is 14.6 Å². The van der Waals surface area contributed by atoms with E-state index in [9.17, 15) is 5.11 Å². The molecule has 0 saturated carbocycles. The maximum absolute atomic E-state index is 10.1. The van der Waals surface area contributed by atoms with Crippen molar-refractivity contribution in [3.05, 3.63) is 89.0 Å². The number of hydrogen-bond acceptors (Lipinski definition) is 3. The number of aromatic hydroxyl groups is 1. The van der Waals surface area contributed by atoms with Crippen LogP contribution in [0.4, 0.5) is 0 Å². The molecule has 3 heteroatoms. The van der Waals surface area contributed by atoms with Gasteiger partial charge in [0.15, 0.2) is 0 Å². The van der Waals surface area contributed by atoms with Crippen LogP contribution in [0.5, 0.6) is 17.2 Å². The van der Waals surface area contributed by atoms with Crippen molar-refractivity contribution in [3.8, 4) is 29.1 Å². The number of hydrogen-bond donors (Lipinski definition) is 1. The highest BCUT2D eigenvalue weighted by Crippen LogP contribution is 2.41. The van der Waals surface area contributed by atoms with E-state index < -0.39 is 0 Å². The van der Waals surface area contributed by atoms with Gasteiger partial charge in [-0.3, -0.25) is 0 Å². The van der Waals surface area contributed by atoms with Crippen LogP contribution in [0.3, 0.4) is 0 Å². The average Bonchev–Trinajstić information content (AvgIpc) is 3.11. The molecule has 0 aromatic heterocycles. The second-order valence-corrected chi connectivity index (χ2v) is 6.18. The van der Waals surface area contributed by atoms with Gasteiger partial charge in [0.1, 0.15) is 23.4 Å². The normalized spacial score (nSPS) is 14.7. The molecule has 0 spiro atoms. The van der Waals surface area contributed by atoms with Gasteiger partial charge in [-0.1, -0.05) is 42.2 Å². The molecule has 1 aliphatic rings. The third kappa shape index (κ3) is 3.22. The van der Waals surface area contributed by atoms with E-state index in [1.165, 1.54) is 0 Å². The van der Waals surface area contributed by atoms with Crippen LogP contribution < -0.4 is 9.47 Å². The molecule has 0 bridgehead atoms. The van der Waals surface area contributed by atoms with Crippen LogP contribution in [0.15, 0.2) is 66.7 Å². The highest BCUT2D eigenvalue weighted by atomic mass is 16.5. The van der Waals surface area contributed by atoms with Crippen LogP contribution in [0.2, 0.25) is 0 Å². The van der Waals surface area contributed by atoms with Crippen molar-refractivity contribution in [2.75, 3.05) is 7.11 Å². The van der Waals surface area contributed by atoms with Gasteiger partial charge in [-0.25, -0.2) is 0 Å². The number of fused-ring (bicyclic) bond motifs is 1. The first-order valence-electron chi connectivity index (χ1n) is 8.46.